The minimum Gasteiger partial charge on any atom is -0.387 e. The molecule has 1 aliphatic heterocycles. The van der Waals surface area contributed by atoms with E-state index in [1.54, 1.807) is 6.92 Å². The molecule has 104 valence electrons. The number of aliphatic hydroxyl groups is 1. The second kappa shape index (κ2) is 4.01. The van der Waals surface area contributed by atoms with Crippen LogP contribution in [0.4, 0.5) is 4.39 Å². The highest BCUT2D eigenvalue weighted by molar-refractivity contribution is 7.89. The largest absolute Gasteiger partial charge is 0.387 e. The summed E-state index contributed by atoms with van der Waals surface area (Å²) in [6.07, 6.45) is 1.94. The van der Waals surface area contributed by atoms with Crippen LogP contribution in [0.3, 0.4) is 0 Å². The highest BCUT2D eigenvalue weighted by atomic mass is 32.2. The van der Waals surface area contributed by atoms with E-state index in [4.69, 9.17) is 0 Å². The van der Waals surface area contributed by atoms with Crippen LogP contribution in [0.15, 0.2) is 23.1 Å². The van der Waals surface area contributed by atoms with Crippen molar-refractivity contribution in [1.82, 2.24) is 4.31 Å². The van der Waals surface area contributed by atoms with Crippen molar-refractivity contribution in [3.05, 3.63) is 29.6 Å². The smallest absolute Gasteiger partial charge is 0.243 e. The zero-order valence-corrected chi connectivity index (χ0v) is 11.5. The Hall–Kier alpha value is -0.980. The van der Waals surface area contributed by atoms with Gasteiger partial charge in [0.05, 0.1) is 10.5 Å². The predicted octanol–water partition coefficient (Wildman–Crippen LogP) is 1.28. The van der Waals surface area contributed by atoms with Gasteiger partial charge in [0.1, 0.15) is 5.82 Å². The maximum atomic E-state index is 13.0. The van der Waals surface area contributed by atoms with Gasteiger partial charge in [0.15, 0.2) is 0 Å². The van der Waals surface area contributed by atoms with E-state index in [9.17, 15) is 17.9 Å². The Kier molecular flexibility index (Phi) is 2.75. The summed E-state index contributed by atoms with van der Waals surface area (Å²) in [5.41, 5.74) is -0.456. The molecule has 1 saturated carbocycles. The van der Waals surface area contributed by atoms with Crippen LogP contribution in [-0.2, 0) is 10.0 Å². The molecule has 6 heteroatoms. The number of nitrogens with zero attached hydrogens (tertiary/aromatic N) is 1. The summed E-state index contributed by atoms with van der Waals surface area (Å²) in [6, 6.07) is 3.64. The molecule has 1 aromatic rings. The fourth-order valence-electron chi connectivity index (χ4n) is 2.65. The van der Waals surface area contributed by atoms with Crippen molar-refractivity contribution in [2.24, 2.45) is 5.92 Å². The topological polar surface area (TPSA) is 57.6 Å². The van der Waals surface area contributed by atoms with Crippen molar-refractivity contribution >= 4 is 10.0 Å². The molecular formula is C13H16FNO3S. The van der Waals surface area contributed by atoms with Crippen LogP contribution in [0.5, 0.6) is 0 Å². The van der Waals surface area contributed by atoms with Crippen LogP contribution in [0.1, 0.15) is 18.4 Å². The first-order valence-electron chi connectivity index (χ1n) is 6.32. The molecule has 19 heavy (non-hydrogen) atoms. The van der Waals surface area contributed by atoms with Crippen LogP contribution >= 0.6 is 0 Å². The number of rotatable bonds is 3. The Morgan fingerprint density at radius 1 is 1.37 bits per heavy atom. The number of aryl methyl sites for hydroxylation is 1. The van der Waals surface area contributed by atoms with Crippen molar-refractivity contribution in [3.8, 4) is 0 Å². The van der Waals surface area contributed by atoms with Gasteiger partial charge < -0.3 is 5.11 Å². The van der Waals surface area contributed by atoms with Gasteiger partial charge in [-0.25, -0.2) is 12.8 Å². The first kappa shape index (κ1) is 13.0. The van der Waals surface area contributed by atoms with Crippen LogP contribution < -0.4 is 0 Å². The summed E-state index contributed by atoms with van der Waals surface area (Å²) >= 11 is 0. The molecule has 1 saturated heterocycles. The van der Waals surface area contributed by atoms with Gasteiger partial charge in [-0.05, 0) is 49.4 Å². The molecule has 1 aromatic carbocycles. The molecule has 2 aliphatic rings. The molecule has 0 aromatic heterocycles. The van der Waals surface area contributed by atoms with Crippen molar-refractivity contribution < 1.29 is 17.9 Å². The normalized spacial score (nSPS) is 23.1. The molecule has 3 rings (SSSR count). The fraction of sp³-hybridized carbons (Fsp3) is 0.538. The van der Waals surface area contributed by atoms with Crippen LogP contribution in [0, 0.1) is 18.7 Å². The van der Waals surface area contributed by atoms with Crippen molar-refractivity contribution in [1.29, 1.82) is 0 Å². The molecule has 0 amide bonds. The predicted molar refractivity (Wildman–Crippen MR) is 67.6 cm³/mol. The quantitative estimate of drug-likeness (QED) is 0.910. The van der Waals surface area contributed by atoms with E-state index in [1.807, 2.05) is 0 Å². The standard InChI is InChI=1S/C13H16FNO3S/c1-9-6-11(14)4-5-12(9)19(17,18)15-7-13(16,8-15)10-2-3-10/h4-6,10,16H,2-3,7-8H2,1H3. The molecule has 0 spiro atoms. The average Bonchev–Trinajstić information content (AvgIpc) is 3.07. The van der Waals surface area contributed by atoms with E-state index in [-0.39, 0.29) is 23.9 Å². The third-order valence-electron chi connectivity index (χ3n) is 3.99. The highest BCUT2D eigenvalue weighted by Crippen LogP contribution is 2.46. The second-order valence-corrected chi connectivity index (χ2v) is 7.47. The van der Waals surface area contributed by atoms with E-state index >= 15 is 0 Å². The molecule has 2 fully saturated rings. The minimum absolute atomic E-state index is 0.117. The van der Waals surface area contributed by atoms with Crippen LogP contribution in [-0.4, -0.2) is 36.5 Å². The Bertz CT molecular complexity index is 619. The van der Waals surface area contributed by atoms with Gasteiger partial charge in [-0.3, -0.25) is 0 Å². The third-order valence-corrected chi connectivity index (χ3v) is 5.94. The summed E-state index contributed by atoms with van der Waals surface area (Å²) in [4.78, 5) is 0.117. The molecule has 1 aliphatic carbocycles. The third kappa shape index (κ3) is 2.07. The highest BCUT2D eigenvalue weighted by Gasteiger charge is 2.55. The lowest BCUT2D eigenvalue weighted by atomic mass is 9.91. The van der Waals surface area contributed by atoms with Crippen molar-refractivity contribution in [3.63, 3.8) is 0 Å². The lowest BCUT2D eigenvalue weighted by Gasteiger charge is -2.45. The average molecular weight is 285 g/mol. The lowest BCUT2D eigenvalue weighted by Crippen LogP contribution is -2.64. The molecule has 1 heterocycles. The minimum atomic E-state index is -3.62. The number of sulfonamides is 1. The number of benzene rings is 1. The zero-order chi connectivity index (χ0) is 13.8. The lowest BCUT2D eigenvalue weighted by molar-refractivity contribution is -0.0765. The first-order chi connectivity index (χ1) is 8.83. The summed E-state index contributed by atoms with van der Waals surface area (Å²) < 4.78 is 39.0. The Morgan fingerprint density at radius 3 is 2.53 bits per heavy atom. The summed E-state index contributed by atoms with van der Waals surface area (Å²) in [6.45, 7) is 1.87. The number of β-amino-alcohol motifs (C(OH)–C–C–N with tert-alkyl or cyclic N) is 1. The van der Waals surface area contributed by atoms with E-state index in [0.717, 1.165) is 18.9 Å². The fourth-order valence-corrected chi connectivity index (χ4v) is 4.43. The van der Waals surface area contributed by atoms with E-state index < -0.39 is 21.4 Å². The monoisotopic (exact) mass is 285 g/mol. The molecule has 0 bridgehead atoms. The molecule has 0 atom stereocenters. The van der Waals surface area contributed by atoms with Gasteiger partial charge >= 0.3 is 0 Å². The van der Waals surface area contributed by atoms with Crippen LogP contribution in [0.2, 0.25) is 0 Å². The maximum Gasteiger partial charge on any atom is 0.243 e. The number of halogens is 1. The molecule has 0 radical (unpaired) electrons. The van der Waals surface area contributed by atoms with Gasteiger partial charge in [0, 0.05) is 13.1 Å². The van der Waals surface area contributed by atoms with Crippen LogP contribution in [0.25, 0.3) is 0 Å². The first-order valence-corrected chi connectivity index (χ1v) is 7.76. The second-order valence-electron chi connectivity index (χ2n) is 5.56. The molecule has 4 nitrogen and oxygen atoms in total. The Labute approximate surface area is 111 Å². The Balaban J connectivity index is 1.84. The summed E-state index contributed by atoms with van der Waals surface area (Å²) in [7, 11) is -3.62. The van der Waals surface area contributed by atoms with Crippen molar-refractivity contribution in [2.75, 3.05) is 13.1 Å². The number of hydrogen-bond acceptors (Lipinski definition) is 3. The van der Waals surface area contributed by atoms with Gasteiger partial charge in [0.25, 0.3) is 0 Å². The van der Waals surface area contributed by atoms with Gasteiger partial charge in [-0.15, -0.1) is 0 Å². The van der Waals surface area contributed by atoms with E-state index in [1.165, 1.54) is 16.4 Å². The zero-order valence-electron chi connectivity index (χ0n) is 10.6. The maximum absolute atomic E-state index is 13.0. The summed E-state index contributed by atoms with van der Waals surface area (Å²) in [5, 5.41) is 10.2. The van der Waals surface area contributed by atoms with E-state index in [0.29, 0.717) is 5.56 Å². The van der Waals surface area contributed by atoms with Crippen molar-refractivity contribution in [2.45, 2.75) is 30.3 Å². The summed E-state index contributed by atoms with van der Waals surface area (Å²) in [5.74, 6) is -0.206. The number of hydrogen-bond donors (Lipinski definition) is 1. The van der Waals surface area contributed by atoms with Gasteiger partial charge in [0.2, 0.25) is 10.0 Å². The van der Waals surface area contributed by atoms with E-state index in [2.05, 4.69) is 0 Å². The molecular weight excluding hydrogens is 269 g/mol. The molecule has 0 unspecified atom stereocenters. The van der Waals surface area contributed by atoms with Gasteiger partial charge in [-0.2, -0.15) is 4.31 Å². The SMILES string of the molecule is Cc1cc(F)ccc1S(=O)(=O)N1CC(O)(C2CC2)C1. The van der Waals surface area contributed by atoms with Gasteiger partial charge in [-0.1, -0.05) is 0 Å². The Morgan fingerprint density at radius 2 is 2.00 bits per heavy atom. The molecule has 1 N–H and O–H groups in total.